The molecule has 17 nitrogen and oxygen atoms in total. The van der Waals surface area contributed by atoms with E-state index in [1.54, 1.807) is 18.2 Å². The van der Waals surface area contributed by atoms with Crippen LogP contribution in [0.1, 0.15) is 97.6 Å². The van der Waals surface area contributed by atoms with E-state index in [1.807, 2.05) is 109 Å². The van der Waals surface area contributed by atoms with Crippen molar-refractivity contribution in [3.05, 3.63) is 192 Å². The number of carbonyl (C=O) groups is 5. The number of aliphatic hydroxyl groups is 3. The molecule has 5 N–H and O–H groups in total. The zero-order chi connectivity index (χ0) is 56.2. The van der Waals surface area contributed by atoms with Gasteiger partial charge in [-0.3, -0.25) is 24.0 Å². The van der Waals surface area contributed by atoms with Crippen LogP contribution in [0.15, 0.2) is 132 Å². The van der Waals surface area contributed by atoms with Gasteiger partial charge in [-0.15, -0.1) is 20.4 Å². The summed E-state index contributed by atoms with van der Waals surface area (Å²) in [4.78, 5) is 57.7. The van der Waals surface area contributed by atoms with E-state index in [1.165, 1.54) is 44.0 Å². The van der Waals surface area contributed by atoms with Gasteiger partial charge in [0.15, 0.2) is 0 Å². The summed E-state index contributed by atoms with van der Waals surface area (Å²) in [6.07, 6.45) is 6.88. The van der Waals surface area contributed by atoms with Crippen molar-refractivity contribution in [3.8, 4) is 0 Å². The van der Waals surface area contributed by atoms with Crippen LogP contribution >= 0.6 is 38.6 Å². The van der Waals surface area contributed by atoms with Gasteiger partial charge < -0.3 is 40.2 Å². The largest absolute Gasteiger partial charge is 0.469 e. The fraction of sp³-hybridized carbons (Fsp3) is 0.293. The van der Waals surface area contributed by atoms with Gasteiger partial charge in [-0.05, 0) is 81.5 Å². The molecule has 7 aromatic rings. The minimum Gasteiger partial charge on any atom is -0.469 e. The SMILES string of the molecule is C=Cc1cccc(CC(=O)OC)c1.COC(=O)Cc1cccc(Br)c1.COC(=O)Cc1cccc(CO)c1.O=C(Cc1cccc(CO)c1)Nc1nnc([C@H]2CCC[C@H](c3nnc(NC(=O)Cc4cccc(CO)c4)s3)C2)s1. The molecule has 410 valence electrons. The van der Waals surface area contributed by atoms with E-state index in [0.29, 0.717) is 23.1 Å². The number of esters is 3. The molecule has 0 radical (unpaired) electrons. The maximum Gasteiger partial charge on any atom is 0.309 e. The number of anilines is 2. The van der Waals surface area contributed by atoms with Crippen LogP contribution in [0.4, 0.5) is 10.3 Å². The summed E-state index contributed by atoms with van der Waals surface area (Å²) in [5.74, 6) is -0.634. The number of hydrogen-bond acceptors (Lipinski definition) is 17. The van der Waals surface area contributed by atoms with Gasteiger partial charge in [0.1, 0.15) is 10.0 Å². The third-order valence-corrected chi connectivity index (χ3v) is 14.3. The Morgan fingerprint density at radius 1 is 0.538 bits per heavy atom. The topological polar surface area (TPSA) is 249 Å². The highest BCUT2D eigenvalue weighted by Gasteiger charge is 2.29. The number of halogens is 1. The quantitative estimate of drug-likeness (QED) is 0.0397. The number of rotatable bonds is 18. The number of methoxy groups -OCH3 is 3. The van der Waals surface area contributed by atoms with Crippen molar-refractivity contribution in [2.45, 2.75) is 89.4 Å². The molecule has 2 heterocycles. The van der Waals surface area contributed by atoms with Crippen LogP contribution in [0.5, 0.6) is 0 Å². The van der Waals surface area contributed by atoms with Gasteiger partial charge in [0.2, 0.25) is 22.1 Å². The van der Waals surface area contributed by atoms with Crippen LogP contribution in [0.25, 0.3) is 6.08 Å². The average Bonchev–Trinajstić information content (AvgIpc) is 4.15. The van der Waals surface area contributed by atoms with Crippen LogP contribution in [0, 0.1) is 0 Å². The van der Waals surface area contributed by atoms with Crippen molar-refractivity contribution in [1.29, 1.82) is 0 Å². The first-order valence-electron chi connectivity index (χ1n) is 24.7. The van der Waals surface area contributed by atoms with Crippen molar-refractivity contribution < 1.29 is 53.5 Å². The summed E-state index contributed by atoms with van der Waals surface area (Å²) >= 11 is 6.12. The van der Waals surface area contributed by atoms with Crippen molar-refractivity contribution in [2.24, 2.45) is 0 Å². The van der Waals surface area contributed by atoms with Gasteiger partial charge in [0.05, 0.1) is 73.3 Å². The smallest absolute Gasteiger partial charge is 0.309 e. The van der Waals surface area contributed by atoms with E-state index in [-0.39, 0.29) is 80.6 Å². The van der Waals surface area contributed by atoms with E-state index in [9.17, 15) is 34.2 Å². The molecule has 20 heteroatoms. The molecule has 1 saturated carbocycles. The van der Waals surface area contributed by atoms with Gasteiger partial charge in [-0.1, -0.05) is 167 Å². The average molecular weight is 1160 g/mol. The van der Waals surface area contributed by atoms with Crippen LogP contribution in [-0.4, -0.2) is 86.8 Å². The Hall–Kier alpha value is -7.33. The maximum atomic E-state index is 12.5. The molecule has 2 atom stereocenters. The molecule has 0 bridgehead atoms. The highest BCUT2D eigenvalue weighted by Crippen LogP contribution is 2.43. The Bertz CT molecular complexity index is 2970. The molecule has 1 aliphatic carbocycles. The Morgan fingerprint density at radius 3 is 1.28 bits per heavy atom. The minimum atomic E-state index is -0.268. The second-order valence-corrected chi connectivity index (χ2v) is 20.6. The number of aromatic nitrogens is 4. The molecule has 8 rings (SSSR count). The first-order valence-corrected chi connectivity index (χ1v) is 27.1. The lowest BCUT2D eigenvalue weighted by molar-refractivity contribution is -0.140. The number of carbonyl (C=O) groups excluding carboxylic acids is 5. The van der Waals surface area contributed by atoms with Crippen LogP contribution in [0.2, 0.25) is 0 Å². The van der Waals surface area contributed by atoms with Crippen molar-refractivity contribution in [3.63, 3.8) is 0 Å². The fourth-order valence-electron chi connectivity index (χ4n) is 7.94. The number of amides is 2. The molecule has 1 fully saturated rings. The number of aliphatic hydroxyl groups excluding tert-OH is 3. The molecule has 0 unspecified atom stereocenters. The maximum absolute atomic E-state index is 12.5. The van der Waals surface area contributed by atoms with Crippen LogP contribution in [-0.2, 0) is 90.1 Å². The lowest BCUT2D eigenvalue weighted by Crippen LogP contribution is -2.14. The predicted molar refractivity (Wildman–Crippen MR) is 303 cm³/mol. The van der Waals surface area contributed by atoms with Gasteiger partial charge in [-0.25, -0.2) is 0 Å². The normalized spacial score (nSPS) is 13.3. The summed E-state index contributed by atoms with van der Waals surface area (Å²) in [5, 5.41) is 53.0. The Balaban J connectivity index is 0.000000238. The minimum absolute atomic E-state index is 0.00495. The van der Waals surface area contributed by atoms with Gasteiger partial charge in [-0.2, -0.15) is 0 Å². The Kier molecular flexibility index (Phi) is 26.1. The third-order valence-electron chi connectivity index (χ3n) is 11.8. The summed E-state index contributed by atoms with van der Waals surface area (Å²) in [6.45, 7) is 3.52. The molecule has 1 aliphatic rings. The fourth-order valence-corrected chi connectivity index (χ4v) is 10.2. The van der Waals surface area contributed by atoms with E-state index in [0.717, 1.165) is 90.2 Å². The first kappa shape index (κ1) is 61.5. The number of benzene rings is 5. The van der Waals surface area contributed by atoms with Crippen LogP contribution < -0.4 is 10.6 Å². The van der Waals surface area contributed by atoms with E-state index >= 15 is 0 Å². The van der Waals surface area contributed by atoms with Crippen molar-refractivity contribution in [2.75, 3.05) is 32.0 Å². The molecule has 0 spiro atoms. The standard InChI is InChI=1S/C28H30N6O4S2.C11H12O2.C10H12O3.C9H9BrO2/c35-15-19-6-1-4-17(10-19)12-23(37)29-27-33-31-25(39-27)21-8-3-9-22(14-21)26-32-34-28(40-26)30-24(38)13-18-5-2-7-20(11-18)16-36;1-3-9-5-4-6-10(7-9)8-11(12)13-2;1-13-10(12)6-8-3-2-4-9(5-8)7-11;1-12-9(11)6-7-3-2-4-8(10)5-7/h1-2,4-7,10-11,21-22,35-36H,3,8-9,12-16H2,(H,29,33,37)(H,30,34,38);3-7H,1,8H2,2H3;2-5,11H,6-7H2,1H3;2-5H,6H2,1H3/t21-,22-;;;/m0.../s1. The number of hydrogen-bond donors (Lipinski definition) is 5. The zero-order valence-electron chi connectivity index (χ0n) is 43.6. The molecule has 2 amide bonds. The van der Waals surface area contributed by atoms with Crippen molar-refractivity contribution >= 4 is 84.7 Å². The van der Waals surface area contributed by atoms with Gasteiger partial charge in [0, 0.05) is 16.3 Å². The monoisotopic (exact) mass is 1160 g/mol. The lowest BCUT2D eigenvalue weighted by atomic mass is 9.82. The van der Waals surface area contributed by atoms with Crippen molar-refractivity contribution in [1.82, 2.24) is 20.4 Å². The Morgan fingerprint density at radius 2 is 0.897 bits per heavy atom. The molecule has 0 saturated heterocycles. The van der Waals surface area contributed by atoms with Gasteiger partial charge in [0.25, 0.3) is 0 Å². The second-order valence-electron chi connectivity index (χ2n) is 17.7. The molecule has 2 aromatic heterocycles. The highest BCUT2D eigenvalue weighted by atomic mass is 79.9. The summed E-state index contributed by atoms with van der Waals surface area (Å²) in [7, 11) is 4.14. The molecular weight excluding hydrogens is 1100 g/mol. The van der Waals surface area contributed by atoms with Gasteiger partial charge >= 0.3 is 17.9 Å². The predicted octanol–water partition coefficient (Wildman–Crippen LogP) is 9.28. The second kappa shape index (κ2) is 33.1. The first-order chi connectivity index (χ1) is 37.7. The third kappa shape index (κ3) is 21.6. The summed E-state index contributed by atoms with van der Waals surface area (Å²) in [5.41, 5.74) is 7.77. The summed E-state index contributed by atoms with van der Waals surface area (Å²) in [6, 6.07) is 37.1. The molecular formula is C58H63BrN6O11S2. The van der Waals surface area contributed by atoms with E-state index < -0.39 is 0 Å². The summed E-state index contributed by atoms with van der Waals surface area (Å²) < 4.78 is 14.6. The number of nitrogens with one attached hydrogen (secondary N) is 2. The lowest BCUT2D eigenvalue weighted by Gasteiger charge is -2.25. The zero-order valence-corrected chi connectivity index (χ0v) is 46.8. The number of ether oxygens (including phenoxy) is 3. The van der Waals surface area contributed by atoms with Crippen LogP contribution in [0.3, 0.4) is 0 Å². The van der Waals surface area contributed by atoms with E-state index in [4.69, 9.17) is 5.11 Å². The Labute approximate surface area is 469 Å². The highest BCUT2D eigenvalue weighted by molar-refractivity contribution is 9.10. The van der Waals surface area contributed by atoms with E-state index in [2.05, 4.69) is 67.7 Å². The molecule has 0 aliphatic heterocycles. The molecule has 5 aromatic carbocycles. The molecule has 78 heavy (non-hydrogen) atoms. The number of nitrogens with zero attached hydrogens (tertiary/aromatic N) is 4.